The van der Waals surface area contributed by atoms with E-state index in [1.54, 1.807) is 0 Å². The van der Waals surface area contributed by atoms with Crippen molar-refractivity contribution in [3.63, 3.8) is 0 Å². The van der Waals surface area contributed by atoms with E-state index in [9.17, 15) is 9.59 Å². The molecule has 1 amide bonds. The number of rotatable bonds is 11. The molecule has 1 aliphatic heterocycles. The Morgan fingerprint density at radius 2 is 1.80 bits per heavy atom. The molecule has 2 heterocycles. The van der Waals surface area contributed by atoms with E-state index in [-0.39, 0.29) is 18.1 Å². The van der Waals surface area contributed by atoms with Crippen molar-refractivity contribution in [2.75, 3.05) is 13.2 Å². The number of nitrogens with one attached hydrogen (secondary N) is 1. The first-order chi connectivity index (χ1) is 19.9. The van der Waals surface area contributed by atoms with E-state index in [0.29, 0.717) is 60.5 Å². The highest BCUT2D eigenvalue weighted by Crippen LogP contribution is 2.34. The highest BCUT2D eigenvalue weighted by molar-refractivity contribution is 6.30. The third-order valence-corrected chi connectivity index (χ3v) is 7.13. The van der Waals surface area contributed by atoms with E-state index < -0.39 is 6.04 Å². The molecule has 0 unspecified atom stereocenters. The number of hydrogen-bond acceptors (Lipinski definition) is 6. The molecule has 0 aliphatic carbocycles. The minimum absolute atomic E-state index is 0.110. The molecular weight excluding hydrogens is 538 g/mol. The standard InChI is InChI=1S/C32H32ClN5O3/c1-3-34-30(40)20-28-32-37-36-21(2)38(32)29-16-15-26(19-27(29)31(35-28)23-11-13-24(33)14-12-23)41-17-7-10-25(39)18-22-8-5-4-6-9-22/h4-6,8-9,11-16,19,28H,3,7,10,17-18,20H2,1-2H3,(H,34,40)/t28-/m0/s1. The number of aryl methyl sites for hydroxylation is 1. The molecule has 0 spiro atoms. The molecule has 0 saturated heterocycles. The third-order valence-electron chi connectivity index (χ3n) is 6.88. The van der Waals surface area contributed by atoms with Gasteiger partial charge in [-0.15, -0.1) is 10.2 Å². The lowest BCUT2D eigenvalue weighted by molar-refractivity contribution is -0.121. The molecule has 210 valence electrons. The van der Waals surface area contributed by atoms with Crippen LogP contribution in [0.1, 0.15) is 60.6 Å². The van der Waals surface area contributed by atoms with Gasteiger partial charge in [0.1, 0.15) is 23.4 Å². The Bertz CT molecular complexity index is 1560. The minimum atomic E-state index is -0.541. The second-order valence-electron chi connectivity index (χ2n) is 9.93. The molecule has 5 rings (SSSR count). The average Bonchev–Trinajstić information content (AvgIpc) is 3.29. The van der Waals surface area contributed by atoms with Crippen LogP contribution in [0.3, 0.4) is 0 Å². The minimum Gasteiger partial charge on any atom is -0.494 e. The number of ether oxygens (including phenoxy) is 1. The number of Topliss-reactive ketones (excluding diaryl/α,β-unsaturated/α-hetero) is 1. The Morgan fingerprint density at radius 1 is 1.02 bits per heavy atom. The second-order valence-corrected chi connectivity index (χ2v) is 10.4. The quantitative estimate of drug-likeness (QED) is 0.236. The van der Waals surface area contributed by atoms with Crippen LogP contribution in [0, 0.1) is 6.92 Å². The second kappa shape index (κ2) is 12.9. The van der Waals surface area contributed by atoms with Crippen LogP contribution in [-0.2, 0) is 16.0 Å². The number of fused-ring (bicyclic) bond motifs is 3. The Morgan fingerprint density at radius 3 is 2.56 bits per heavy atom. The van der Waals surface area contributed by atoms with Crippen molar-refractivity contribution in [1.82, 2.24) is 20.1 Å². The number of ketones is 1. The summed E-state index contributed by atoms with van der Waals surface area (Å²) in [7, 11) is 0. The first-order valence-corrected chi connectivity index (χ1v) is 14.2. The first-order valence-electron chi connectivity index (χ1n) is 13.8. The number of aromatic nitrogens is 3. The summed E-state index contributed by atoms with van der Waals surface area (Å²) in [6, 6.07) is 22.5. The van der Waals surface area contributed by atoms with E-state index in [1.807, 2.05) is 91.2 Å². The maximum Gasteiger partial charge on any atom is 0.222 e. The zero-order valence-electron chi connectivity index (χ0n) is 23.1. The predicted molar refractivity (Wildman–Crippen MR) is 159 cm³/mol. The fourth-order valence-electron chi connectivity index (χ4n) is 4.96. The van der Waals surface area contributed by atoms with Crippen LogP contribution in [0.15, 0.2) is 77.8 Å². The molecule has 1 aromatic heterocycles. The van der Waals surface area contributed by atoms with Crippen molar-refractivity contribution in [2.45, 2.75) is 45.6 Å². The van der Waals surface area contributed by atoms with Gasteiger partial charge < -0.3 is 10.1 Å². The van der Waals surface area contributed by atoms with Crippen LogP contribution < -0.4 is 10.1 Å². The number of amides is 1. The monoisotopic (exact) mass is 569 g/mol. The summed E-state index contributed by atoms with van der Waals surface area (Å²) in [5, 5.41) is 12.2. The highest BCUT2D eigenvalue weighted by atomic mass is 35.5. The predicted octanol–water partition coefficient (Wildman–Crippen LogP) is 5.62. The van der Waals surface area contributed by atoms with Gasteiger partial charge in [0.2, 0.25) is 5.91 Å². The van der Waals surface area contributed by atoms with E-state index >= 15 is 0 Å². The van der Waals surface area contributed by atoms with Crippen molar-refractivity contribution >= 4 is 29.0 Å². The maximum absolute atomic E-state index is 12.7. The summed E-state index contributed by atoms with van der Waals surface area (Å²) in [5.74, 6) is 2.04. The molecule has 1 N–H and O–H groups in total. The Balaban J connectivity index is 1.42. The normalized spacial score (nSPS) is 13.9. The summed E-state index contributed by atoms with van der Waals surface area (Å²) in [5.41, 5.74) is 4.26. The molecule has 0 bridgehead atoms. The number of carbonyl (C=O) groups excluding carboxylic acids is 2. The molecule has 0 radical (unpaired) electrons. The summed E-state index contributed by atoms with van der Waals surface area (Å²) in [6.07, 6.45) is 1.63. The van der Waals surface area contributed by atoms with Gasteiger partial charge in [-0.25, -0.2) is 0 Å². The van der Waals surface area contributed by atoms with Gasteiger partial charge in [-0.2, -0.15) is 0 Å². The van der Waals surface area contributed by atoms with Crippen LogP contribution in [0.5, 0.6) is 5.75 Å². The van der Waals surface area contributed by atoms with Crippen LogP contribution in [0.4, 0.5) is 0 Å². The van der Waals surface area contributed by atoms with Gasteiger partial charge in [0.15, 0.2) is 5.82 Å². The SMILES string of the molecule is CCNC(=O)C[C@@H]1N=C(c2ccc(Cl)cc2)c2cc(OCCCC(=O)Cc3ccccc3)ccc2-n2c(C)nnc21. The molecular formula is C32H32ClN5O3. The van der Waals surface area contributed by atoms with Gasteiger partial charge in [-0.05, 0) is 56.2 Å². The van der Waals surface area contributed by atoms with Crippen molar-refractivity contribution in [2.24, 2.45) is 4.99 Å². The van der Waals surface area contributed by atoms with Crippen molar-refractivity contribution in [3.05, 3.63) is 106 Å². The van der Waals surface area contributed by atoms with E-state index in [1.165, 1.54) is 0 Å². The largest absolute Gasteiger partial charge is 0.494 e. The van der Waals surface area contributed by atoms with Crippen LogP contribution in [-0.4, -0.2) is 45.3 Å². The lowest BCUT2D eigenvalue weighted by atomic mass is 10.00. The van der Waals surface area contributed by atoms with E-state index in [2.05, 4.69) is 15.5 Å². The first kappa shape index (κ1) is 28.2. The van der Waals surface area contributed by atoms with Gasteiger partial charge in [0.25, 0.3) is 0 Å². The van der Waals surface area contributed by atoms with Crippen molar-refractivity contribution in [3.8, 4) is 11.4 Å². The number of carbonyl (C=O) groups is 2. The van der Waals surface area contributed by atoms with E-state index in [0.717, 1.165) is 22.4 Å². The van der Waals surface area contributed by atoms with Crippen LogP contribution in [0.25, 0.3) is 5.69 Å². The van der Waals surface area contributed by atoms with Gasteiger partial charge in [0, 0.05) is 35.5 Å². The van der Waals surface area contributed by atoms with Gasteiger partial charge in [-0.1, -0.05) is 54.1 Å². The molecule has 41 heavy (non-hydrogen) atoms. The third kappa shape index (κ3) is 6.72. The number of nitrogens with zero attached hydrogens (tertiary/aromatic N) is 4. The van der Waals surface area contributed by atoms with Crippen LogP contribution >= 0.6 is 11.6 Å². The lowest BCUT2D eigenvalue weighted by Gasteiger charge is -2.15. The van der Waals surface area contributed by atoms with Gasteiger partial charge >= 0.3 is 0 Å². The molecule has 0 fully saturated rings. The molecule has 9 heteroatoms. The summed E-state index contributed by atoms with van der Waals surface area (Å²) in [4.78, 5) is 30.2. The topological polar surface area (TPSA) is 98.5 Å². The maximum atomic E-state index is 12.7. The zero-order chi connectivity index (χ0) is 28.8. The summed E-state index contributed by atoms with van der Waals surface area (Å²) >= 11 is 6.20. The van der Waals surface area contributed by atoms with E-state index in [4.69, 9.17) is 21.3 Å². The smallest absolute Gasteiger partial charge is 0.222 e. The number of hydrogen-bond donors (Lipinski definition) is 1. The molecule has 0 saturated carbocycles. The zero-order valence-corrected chi connectivity index (χ0v) is 23.9. The number of halogens is 1. The van der Waals surface area contributed by atoms with Gasteiger partial charge in [0.05, 0.1) is 24.4 Å². The lowest BCUT2D eigenvalue weighted by Crippen LogP contribution is -2.25. The fraction of sp³-hybridized carbons (Fsp3) is 0.281. The van der Waals surface area contributed by atoms with Crippen molar-refractivity contribution in [1.29, 1.82) is 0 Å². The Hall–Kier alpha value is -4.30. The Labute approximate surface area is 244 Å². The highest BCUT2D eigenvalue weighted by Gasteiger charge is 2.30. The average molecular weight is 570 g/mol. The Kier molecular flexibility index (Phi) is 8.89. The fourth-order valence-corrected chi connectivity index (χ4v) is 5.08. The summed E-state index contributed by atoms with van der Waals surface area (Å²) < 4.78 is 8.06. The molecule has 3 aromatic carbocycles. The molecule has 4 aromatic rings. The summed E-state index contributed by atoms with van der Waals surface area (Å²) in [6.45, 7) is 4.71. The number of benzene rings is 3. The van der Waals surface area contributed by atoms with Crippen LogP contribution in [0.2, 0.25) is 5.02 Å². The number of aliphatic imine (C=N–C) groups is 1. The molecule has 1 atom stereocenters. The van der Waals surface area contributed by atoms with Crippen molar-refractivity contribution < 1.29 is 14.3 Å². The molecule has 8 nitrogen and oxygen atoms in total. The van der Waals surface area contributed by atoms with Gasteiger partial charge in [-0.3, -0.25) is 19.1 Å². The molecule has 1 aliphatic rings.